The van der Waals surface area contributed by atoms with Crippen LogP contribution in [0.1, 0.15) is 23.3 Å². The average Bonchev–Trinajstić information content (AvgIpc) is 3.01. The first-order valence-corrected chi connectivity index (χ1v) is 6.87. The lowest BCUT2D eigenvalue weighted by Gasteiger charge is -2.18. The van der Waals surface area contributed by atoms with Crippen LogP contribution in [-0.4, -0.2) is 14.2 Å². The lowest BCUT2D eigenvalue weighted by Crippen LogP contribution is -2.03. The third kappa shape index (κ3) is 1.47. The van der Waals surface area contributed by atoms with Crippen LogP contribution in [0.3, 0.4) is 0 Å². The first-order valence-electron chi connectivity index (χ1n) is 6.87. The van der Waals surface area contributed by atoms with Crippen molar-refractivity contribution < 1.29 is 14.2 Å². The number of hydrogen-bond acceptors (Lipinski definition) is 3. The van der Waals surface area contributed by atoms with Gasteiger partial charge in [0.15, 0.2) is 0 Å². The van der Waals surface area contributed by atoms with Gasteiger partial charge >= 0.3 is 0 Å². The van der Waals surface area contributed by atoms with E-state index in [1.807, 2.05) is 12.1 Å². The second kappa shape index (κ2) is 4.12. The van der Waals surface area contributed by atoms with E-state index >= 15 is 0 Å². The summed E-state index contributed by atoms with van der Waals surface area (Å²) in [5.41, 5.74) is 4.29. The van der Waals surface area contributed by atoms with E-state index in [-0.39, 0.29) is 12.2 Å². The van der Waals surface area contributed by atoms with Crippen molar-refractivity contribution in [2.75, 3.05) is 14.2 Å². The standard InChI is InChI=1S/C18H16O3/c1-9-10(2)18-14-8-12-11(7-13(14)17(9)21-18)15(19-3)5-6-16(12)20-4/h5-8,17-18H,1-2H2,3-4H3. The summed E-state index contributed by atoms with van der Waals surface area (Å²) >= 11 is 0. The van der Waals surface area contributed by atoms with Crippen LogP contribution in [0.5, 0.6) is 11.5 Å². The maximum atomic E-state index is 6.00. The largest absolute Gasteiger partial charge is 0.496 e. The average molecular weight is 280 g/mol. The molecule has 0 aliphatic carbocycles. The predicted octanol–water partition coefficient (Wildman–Crippen LogP) is 4.10. The Bertz CT molecular complexity index is 737. The summed E-state index contributed by atoms with van der Waals surface area (Å²) in [5, 5.41) is 2.07. The normalized spacial score (nSPS) is 22.8. The molecule has 106 valence electrons. The van der Waals surface area contributed by atoms with Crippen molar-refractivity contribution in [1.82, 2.24) is 0 Å². The van der Waals surface area contributed by atoms with Crippen LogP contribution in [0, 0.1) is 0 Å². The van der Waals surface area contributed by atoms with Crippen molar-refractivity contribution in [2.24, 2.45) is 0 Å². The second-order valence-corrected chi connectivity index (χ2v) is 5.44. The summed E-state index contributed by atoms with van der Waals surface area (Å²) in [5.74, 6) is 1.67. The molecule has 2 bridgehead atoms. The Morgan fingerprint density at radius 2 is 1.29 bits per heavy atom. The van der Waals surface area contributed by atoms with E-state index in [0.29, 0.717) is 0 Å². The Hall–Kier alpha value is -2.26. The Balaban J connectivity index is 2.05. The second-order valence-electron chi connectivity index (χ2n) is 5.44. The Kier molecular flexibility index (Phi) is 2.45. The van der Waals surface area contributed by atoms with Crippen LogP contribution in [0.4, 0.5) is 0 Å². The molecule has 0 amide bonds. The van der Waals surface area contributed by atoms with Gasteiger partial charge in [-0.15, -0.1) is 0 Å². The fourth-order valence-corrected chi connectivity index (χ4v) is 3.34. The van der Waals surface area contributed by atoms with Gasteiger partial charge in [-0.25, -0.2) is 0 Å². The van der Waals surface area contributed by atoms with Gasteiger partial charge < -0.3 is 14.2 Å². The summed E-state index contributed by atoms with van der Waals surface area (Å²) < 4.78 is 17.0. The molecule has 3 nitrogen and oxygen atoms in total. The highest BCUT2D eigenvalue weighted by Gasteiger charge is 2.43. The summed E-state index contributed by atoms with van der Waals surface area (Å²) in [6.07, 6.45) is -0.143. The molecule has 2 aliphatic heterocycles. The Morgan fingerprint density at radius 1 is 0.857 bits per heavy atom. The molecule has 0 aromatic heterocycles. The monoisotopic (exact) mass is 280 g/mol. The number of benzene rings is 2. The van der Waals surface area contributed by atoms with Crippen LogP contribution in [0.25, 0.3) is 10.8 Å². The lowest BCUT2D eigenvalue weighted by molar-refractivity contribution is 0.0905. The van der Waals surface area contributed by atoms with E-state index in [9.17, 15) is 0 Å². The smallest absolute Gasteiger partial charge is 0.126 e. The van der Waals surface area contributed by atoms with Gasteiger partial charge in [0.2, 0.25) is 0 Å². The van der Waals surface area contributed by atoms with Gasteiger partial charge in [-0.1, -0.05) is 13.2 Å². The fourth-order valence-electron chi connectivity index (χ4n) is 3.34. The number of fused-ring (bicyclic) bond motifs is 6. The van der Waals surface area contributed by atoms with Crippen LogP contribution in [0.15, 0.2) is 48.6 Å². The zero-order valence-electron chi connectivity index (χ0n) is 12.1. The van der Waals surface area contributed by atoms with E-state index in [1.54, 1.807) is 14.2 Å². The number of hydrogen-bond donors (Lipinski definition) is 0. The molecule has 2 unspecified atom stereocenters. The predicted molar refractivity (Wildman–Crippen MR) is 81.9 cm³/mol. The van der Waals surface area contributed by atoms with E-state index in [0.717, 1.165) is 44.5 Å². The molecule has 0 N–H and O–H groups in total. The maximum absolute atomic E-state index is 6.00. The summed E-state index contributed by atoms with van der Waals surface area (Å²) in [6, 6.07) is 8.12. The SMILES string of the molecule is C=C1C(=C)C2OC1c1cc3c(OC)ccc(OC)c3cc12. The number of rotatable bonds is 2. The Labute approximate surface area is 123 Å². The van der Waals surface area contributed by atoms with Gasteiger partial charge in [-0.2, -0.15) is 0 Å². The third-order valence-electron chi connectivity index (χ3n) is 4.46. The molecule has 1 fully saturated rings. The molecule has 2 atom stereocenters. The van der Waals surface area contributed by atoms with Crippen LogP contribution in [-0.2, 0) is 4.74 Å². The van der Waals surface area contributed by atoms with E-state index in [1.165, 1.54) is 0 Å². The van der Waals surface area contributed by atoms with Crippen LogP contribution in [0.2, 0.25) is 0 Å². The topological polar surface area (TPSA) is 27.7 Å². The van der Waals surface area contributed by atoms with Crippen LogP contribution < -0.4 is 9.47 Å². The van der Waals surface area contributed by atoms with E-state index < -0.39 is 0 Å². The molecule has 2 aromatic rings. The minimum absolute atomic E-state index is 0.0715. The van der Waals surface area contributed by atoms with Crippen molar-refractivity contribution in [1.29, 1.82) is 0 Å². The van der Waals surface area contributed by atoms with Crippen molar-refractivity contribution in [3.63, 3.8) is 0 Å². The first-order chi connectivity index (χ1) is 10.2. The number of methoxy groups -OCH3 is 2. The third-order valence-corrected chi connectivity index (χ3v) is 4.46. The minimum atomic E-state index is -0.0715. The zero-order valence-corrected chi connectivity index (χ0v) is 12.1. The zero-order chi connectivity index (χ0) is 14.7. The fraction of sp³-hybridized carbons (Fsp3) is 0.222. The molecule has 2 heterocycles. The van der Waals surface area contributed by atoms with Crippen molar-refractivity contribution in [2.45, 2.75) is 12.2 Å². The van der Waals surface area contributed by atoms with Gasteiger partial charge in [0, 0.05) is 10.8 Å². The van der Waals surface area contributed by atoms with Crippen molar-refractivity contribution >= 4 is 10.8 Å². The van der Waals surface area contributed by atoms with Gasteiger partial charge in [-0.05, 0) is 46.5 Å². The van der Waals surface area contributed by atoms with Gasteiger partial charge in [-0.3, -0.25) is 0 Å². The van der Waals surface area contributed by atoms with Gasteiger partial charge in [0.25, 0.3) is 0 Å². The lowest BCUT2D eigenvalue weighted by atomic mass is 9.84. The van der Waals surface area contributed by atoms with Crippen molar-refractivity contribution in [3.8, 4) is 11.5 Å². The molecule has 0 saturated carbocycles. The summed E-state index contributed by atoms with van der Waals surface area (Å²) in [6.45, 7) is 8.19. The summed E-state index contributed by atoms with van der Waals surface area (Å²) in [7, 11) is 3.36. The molecule has 0 radical (unpaired) electrons. The molecule has 4 rings (SSSR count). The highest BCUT2D eigenvalue weighted by molar-refractivity contribution is 5.95. The molecular formula is C18H16O3. The molecule has 2 aromatic carbocycles. The molecule has 2 aliphatic rings. The molecule has 3 heteroatoms. The van der Waals surface area contributed by atoms with Crippen molar-refractivity contribution in [3.05, 3.63) is 59.7 Å². The molecular weight excluding hydrogens is 264 g/mol. The summed E-state index contributed by atoms with van der Waals surface area (Å²) in [4.78, 5) is 0. The van der Waals surface area contributed by atoms with Gasteiger partial charge in [0.1, 0.15) is 23.7 Å². The quantitative estimate of drug-likeness (QED) is 0.829. The van der Waals surface area contributed by atoms with E-state index in [2.05, 4.69) is 25.3 Å². The molecule has 21 heavy (non-hydrogen) atoms. The first kappa shape index (κ1) is 12.5. The van der Waals surface area contributed by atoms with Gasteiger partial charge in [0.05, 0.1) is 14.2 Å². The van der Waals surface area contributed by atoms with E-state index in [4.69, 9.17) is 14.2 Å². The van der Waals surface area contributed by atoms with Crippen LogP contribution >= 0.6 is 0 Å². The maximum Gasteiger partial charge on any atom is 0.126 e. The Morgan fingerprint density at radius 3 is 1.67 bits per heavy atom. The molecule has 0 spiro atoms. The number of ether oxygens (including phenoxy) is 3. The molecule has 1 saturated heterocycles. The minimum Gasteiger partial charge on any atom is -0.496 e. The highest BCUT2D eigenvalue weighted by atomic mass is 16.5. The highest BCUT2D eigenvalue weighted by Crippen LogP contribution is 2.57.